The van der Waals surface area contributed by atoms with Crippen LogP contribution in [0.3, 0.4) is 0 Å². The Kier molecular flexibility index (Phi) is 1.60. The van der Waals surface area contributed by atoms with Crippen LogP contribution in [0.2, 0.25) is 0 Å². The number of aryl methyl sites for hydroxylation is 1. The highest BCUT2D eigenvalue weighted by atomic mass is 127. The first-order chi connectivity index (χ1) is 5.29. The minimum Gasteiger partial charge on any atom is -0.322 e. The number of benzene rings is 1. The van der Waals surface area contributed by atoms with Crippen molar-refractivity contribution in [3.63, 3.8) is 0 Å². The maximum absolute atomic E-state index is 4.36. The lowest BCUT2D eigenvalue weighted by molar-refractivity contribution is 0.908. The summed E-state index contributed by atoms with van der Waals surface area (Å²) in [6.45, 7) is 0. The number of aromatic nitrogens is 2. The van der Waals surface area contributed by atoms with Gasteiger partial charge >= 0.3 is 0 Å². The van der Waals surface area contributed by atoms with Crippen molar-refractivity contribution in [3.8, 4) is 0 Å². The van der Waals surface area contributed by atoms with Crippen molar-refractivity contribution in [1.82, 2.24) is 9.55 Å². The van der Waals surface area contributed by atoms with E-state index in [9.17, 15) is 0 Å². The van der Waals surface area contributed by atoms with Gasteiger partial charge in [0.15, 0.2) is 3.83 Å². The second-order valence-corrected chi connectivity index (χ2v) is 3.39. The predicted octanol–water partition coefficient (Wildman–Crippen LogP) is 2.18. The minimum absolute atomic E-state index is 1.03. The Morgan fingerprint density at radius 2 is 2.09 bits per heavy atom. The van der Waals surface area contributed by atoms with Crippen molar-refractivity contribution in [3.05, 3.63) is 28.1 Å². The van der Waals surface area contributed by atoms with E-state index in [0.717, 1.165) is 9.35 Å². The van der Waals surface area contributed by atoms with Gasteiger partial charge in [0, 0.05) is 7.05 Å². The molecule has 3 heteroatoms. The van der Waals surface area contributed by atoms with Gasteiger partial charge in [-0.25, -0.2) is 4.98 Å². The molecule has 0 fully saturated rings. The van der Waals surface area contributed by atoms with Crippen LogP contribution in [0.15, 0.2) is 24.3 Å². The Bertz CT molecular complexity index is 392. The molecular weight excluding hydrogens is 251 g/mol. The second-order valence-electron chi connectivity index (χ2n) is 2.43. The number of hydrogen-bond acceptors (Lipinski definition) is 1. The van der Waals surface area contributed by atoms with Gasteiger partial charge in [0.2, 0.25) is 0 Å². The summed E-state index contributed by atoms with van der Waals surface area (Å²) in [7, 11) is 2.02. The van der Waals surface area contributed by atoms with E-state index in [1.165, 1.54) is 5.52 Å². The first kappa shape index (κ1) is 7.09. The van der Waals surface area contributed by atoms with Crippen LogP contribution in [-0.2, 0) is 7.05 Å². The number of nitrogens with zero attached hydrogens (tertiary/aromatic N) is 2. The van der Waals surface area contributed by atoms with Gasteiger partial charge in [-0.05, 0) is 34.7 Å². The van der Waals surface area contributed by atoms with E-state index in [1.54, 1.807) is 0 Å². The molecule has 0 spiro atoms. The zero-order chi connectivity index (χ0) is 7.84. The third-order valence-corrected chi connectivity index (χ3v) is 2.70. The van der Waals surface area contributed by atoms with Crippen LogP contribution < -0.4 is 0 Å². The highest BCUT2D eigenvalue weighted by molar-refractivity contribution is 14.1. The first-order valence-corrected chi connectivity index (χ1v) is 4.44. The standard InChI is InChI=1S/C8H7IN2/c1-11-7-5-3-2-4-6(7)10-8(11)9/h2-5H,1H3. The van der Waals surface area contributed by atoms with Crippen molar-refractivity contribution in [1.29, 1.82) is 0 Å². The maximum Gasteiger partial charge on any atom is 0.172 e. The number of fused-ring (bicyclic) bond motifs is 1. The fourth-order valence-corrected chi connectivity index (χ4v) is 1.64. The first-order valence-electron chi connectivity index (χ1n) is 3.36. The molecule has 0 unspecified atom stereocenters. The molecule has 1 aromatic heterocycles. The predicted molar refractivity (Wildman–Crippen MR) is 53.4 cm³/mol. The molecule has 1 heterocycles. The fourth-order valence-electron chi connectivity index (χ4n) is 1.12. The Morgan fingerprint density at radius 1 is 1.36 bits per heavy atom. The molecule has 0 bridgehead atoms. The SMILES string of the molecule is Cn1c(I)nc2ccccc21. The van der Waals surface area contributed by atoms with Gasteiger partial charge in [0.05, 0.1) is 11.0 Å². The zero-order valence-corrected chi connectivity index (χ0v) is 8.24. The van der Waals surface area contributed by atoms with Crippen LogP contribution in [0.5, 0.6) is 0 Å². The third-order valence-electron chi connectivity index (χ3n) is 1.73. The van der Waals surface area contributed by atoms with Crippen LogP contribution in [0, 0.1) is 3.83 Å². The van der Waals surface area contributed by atoms with Crippen LogP contribution in [-0.4, -0.2) is 9.55 Å². The van der Waals surface area contributed by atoms with E-state index in [2.05, 4.69) is 38.2 Å². The molecule has 56 valence electrons. The van der Waals surface area contributed by atoms with Crippen molar-refractivity contribution in [2.24, 2.45) is 7.05 Å². The number of imidazole rings is 1. The highest BCUT2D eigenvalue weighted by Gasteiger charge is 2.01. The largest absolute Gasteiger partial charge is 0.322 e. The van der Waals surface area contributed by atoms with Gasteiger partial charge in [-0.1, -0.05) is 12.1 Å². The Hall–Kier alpha value is -0.580. The number of para-hydroxylation sites is 2. The maximum atomic E-state index is 4.36. The lowest BCUT2D eigenvalue weighted by atomic mass is 10.3. The summed E-state index contributed by atoms with van der Waals surface area (Å²) >= 11 is 2.23. The average molecular weight is 258 g/mol. The summed E-state index contributed by atoms with van der Waals surface area (Å²) in [6, 6.07) is 8.13. The Balaban J connectivity index is 2.92. The molecule has 0 amide bonds. The number of halogens is 1. The molecule has 0 aliphatic rings. The van der Waals surface area contributed by atoms with Crippen LogP contribution in [0.1, 0.15) is 0 Å². The van der Waals surface area contributed by atoms with Gasteiger partial charge in [0.25, 0.3) is 0 Å². The van der Waals surface area contributed by atoms with Crippen LogP contribution in [0.25, 0.3) is 11.0 Å². The Morgan fingerprint density at radius 3 is 2.82 bits per heavy atom. The monoisotopic (exact) mass is 258 g/mol. The smallest absolute Gasteiger partial charge is 0.172 e. The molecule has 2 rings (SSSR count). The van der Waals surface area contributed by atoms with Gasteiger partial charge < -0.3 is 4.57 Å². The molecule has 0 saturated carbocycles. The molecule has 0 aliphatic heterocycles. The van der Waals surface area contributed by atoms with E-state index in [-0.39, 0.29) is 0 Å². The van der Waals surface area contributed by atoms with E-state index in [4.69, 9.17) is 0 Å². The molecular formula is C8H7IN2. The fraction of sp³-hybridized carbons (Fsp3) is 0.125. The third kappa shape index (κ3) is 1.03. The quantitative estimate of drug-likeness (QED) is 0.662. The zero-order valence-electron chi connectivity index (χ0n) is 6.08. The molecule has 0 N–H and O–H groups in total. The summed E-state index contributed by atoms with van der Waals surface area (Å²) in [5.74, 6) is 0. The summed E-state index contributed by atoms with van der Waals surface area (Å²) in [5, 5.41) is 0. The Labute approximate surface area is 78.4 Å². The summed E-state index contributed by atoms with van der Waals surface area (Å²) in [6.07, 6.45) is 0. The average Bonchev–Trinajstić information content (AvgIpc) is 2.30. The van der Waals surface area contributed by atoms with E-state index >= 15 is 0 Å². The normalized spacial score (nSPS) is 10.7. The van der Waals surface area contributed by atoms with E-state index < -0.39 is 0 Å². The van der Waals surface area contributed by atoms with Crippen molar-refractivity contribution >= 4 is 33.6 Å². The summed E-state index contributed by atoms with van der Waals surface area (Å²) in [5.41, 5.74) is 2.26. The van der Waals surface area contributed by atoms with E-state index in [1.807, 2.05) is 25.2 Å². The molecule has 0 aliphatic carbocycles. The lowest BCUT2D eigenvalue weighted by Crippen LogP contribution is -1.89. The second kappa shape index (κ2) is 2.48. The van der Waals surface area contributed by atoms with Gasteiger partial charge in [-0.2, -0.15) is 0 Å². The van der Waals surface area contributed by atoms with Crippen molar-refractivity contribution in [2.45, 2.75) is 0 Å². The van der Waals surface area contributed by atoms with E-state index in [0.29, 0.717) is 0 Å². The molecule has 0 atom stereocenters. The minimum atomic E-state index is 1.03. The van der Waals surface area contributed by atoms with Crippen molar-refractivity contribution < 1.29 is 0 Å². The topological polar surface area (TPSA) is 17.8 Å². The molecule has 11 heavy (non-hydrogen) atoms. The summed E-state index contributed by atoms with van der Waals surface area (Å²) in [4.78, 5) is 4.36. The van der Waals surface area contributed by atoms with Gasteiger partial charge in [-0.15, -0.1) is 0 Å². The van der Waals surface area contributed by atoms with Crippen LogP contribution >= 0.6 is 22.6 Å². The lowest BCUT2D eigenvalue weighted by Gasteiger charge is -1.92. The molecule has 2 nitrogen and oxygen atoms in total. The number of hydrogen-bond donors (Lipinski definition) is 0. The molecule has 0 radical (unpaired) electrons. The molecule has 0 saturated heterocycles. The van der Waals surface area contributed by atoms with Gasteiger partial charge in [0.1, 0.15) is 0 Å². The highest BCUT2D eigenvalue weighted by Crippen LogP contribution is 2.14. The molecule has 1 aromatic carbocycles. The van der Waals surface area contributed by atoms with Crippen LogP contribution in [0.4, 0.5) is 0 Å². The number of rotatable bonds is 0. The molecule has 2 aromatic rings. The van der Waals surface area contributed by atoms with Crippen molar-refractivity contribution in [2.75, 3.05) is 0 Å². The summed E-state index contributed by atoms with van der Waals surface area (Å²) < 4.78 is 3.11. The van der Waals surface area contributed by atoms with Gasteiger partial charge in [-0.3, -0.25) is 0 Å².